The van der Waals surface area contributed by atoms with Crippen LogP contribution in [-0.2, 0) is 0 Å². The summed E-state index contributed by atoms with van der Waals surface area (Å²) in [5.74, 6) is -0.548. The molecule has 1 unspecified atom stereocenters. The van der Waals surface area contributed by atoms with Crippen molar-refractivity contribution >= 4 is 33.4 Å². The van der Waals surface area contributed by atoms with Crippen LogP contribution in [0, 0.1) is 6.92 Å². The molecule has 0 saturated carbocycles. The van der Waals surface area contributed by atoms with Crippen molar-refractivity contribution in [1.29, 1.82) is 0 Å². The van der Waals surface area contributed by atoms with Crippen LogP contribution in [0.2, 0.25) is 0 Å². The lowest BCUT2D eigenvalue weighted by Gasteiger charge is -2.12. The van der Waals surface area contributed by atoms with Crippen molar-refractivity contribution in [3.8, 4) is 0 Å². The summed E-state index contributed by atoms with van der Waals surface area (Å²) < 4.78 is 0.800. The van der Waals surface area contributed by atoms with Crippen LogP contribution >= 0.6 is 15.9 Å². The van der Waals surface area contributed by atoms with Gasteiger partial charge in [0.05, 0.1) is 16.8 Å². The highest BCUT2D eigenvalue weighted by Crippen LogP contribution is 2.23. The summed E-state index contributed by atoms with van der Waals surface area (Å²) in [5, 5.41) is 5.67. The number of aryl methyl sites for hydroxylation is 1. The summed E-state index contributed by atoms with van der Waals surface area (Å²) in [5.41, 5.74) is 2.45. The van der Waals surface area contributed by atoms with Crippen LogP contribution in [0.3, 0.4) is 0 Å². The highest BCUT2D eigenvalue weighted by molar-refractivity contribution is 9.10. The fourth-order valence-electron chi connectivity index (χ4n) is 2.01. The van der Waals surface area contributed by atoms with Crippen molar-refractivity contribution in [2.75, 3.05) is 5.32 Å². The Hall–Kier alpha value is -2.21. The third-order valence-corrected chi connectivity index (χ3v) is 4.28. The first-order valence-corrected chi connectivity index (χ1v) is 8.53. The average Bonchev–Trinajstić information content (AvgIpc) is 2.57. The Kier molecular flexibility index (Phi) is 6.09. The number of rotatable bonds is 5. The standard InChI is InChI=1S/C18H20BrN3O2/c1-4-12(3)21-17(23)13-8-14(10-20-9-13)18(24)22-16-6-5-11(2)7-15(16)19/h5-10,12H,4H2,1-3H3,(H,21,23)(H,22,24). The molecule has 2 aromatic rings. The van der Waals surface area contributed by atoms with Crippen molar-refractivity contribution in [3.63, 3.8) is 0 Å². The van der Waals surface area contributed by atoms with Gasteiger partial charge >= 0.3 is 0 Å². The molecule has 1 heterocycles. The maximum absolute atomic E-state index is 12.4. The van der Waals surface area contributed by atoms with E-state index in [0.717, 1.165) is 16.5 Å². The molecule has 0 aliphatic rings. The van der Waals surface area contributed by atoms with Crippen LogP contribution in [0.5, 0.6) is 0 Å². The summed E-state index contributed by atoms with van der Waals surface area (Å²) in [4.78, 5) is 28.6. The van der Waals surface area contributed by atoms with Gasteiger partial charge < -0.3 is 10.6 Å². The van der Waals surface area contributed by atoms with E-state index in [4.69, 9.17) is 0 Å². The molecule has 0 aliphatic carbocycles. The Morgan fingerprint density at radius 1 is 1.17 bits per heavy atom. The minimum absolute atomic E-state index is 0.0681. The van der Waals surface area contributed by atoms with Gasteiger partial charge in [0.25, 0.3) is 11.8 Å². The number of benzene rings is 1. The van der Waals surface area contributed by atoms with E-state index in [2.05, 4.69) is 31.5 Å². The van der Waals surface area contributed by atoms with Crippen LogP contribution in [-0.4, -0.2) is 22.8 Å². The quantitative estimate of drug-likeness (QED) is 0.813. The molecule has 6 heteroatoms. The van der Waals surface area contributed by atoms with E-state index in [0.29, 0.717) is 16.8 Å². The smallest absolute Gasteiger partial charge is 0.257 e. The maximum atomic E-state index is 12.4. The number of carbonyl (C=O) groups excluding carboxylic acids is 2. The normalized spacial score (nSPS) is 11.7. The van der Waals surface area contributed by atoms with Gasteiger partial charge in [-0.3, -0.25) is 14.6 Å². The number of pyridine rings is 1. The maximum Gasteiger partial charge on any atom is 0.257 e. The van der Waals surface area contributed by atoms with E-state index in [1.807, 2.05) is 39.0 Å². The topological polar surface area (TPSA) is 71.1 Å². The molecular weight excluding hydrogens is 370 g/mol. The monoisotopic (exact) mass is 389 g/mol. The summed E-state index contributed by atoms with van der Waals surface area (Å²) >= 11 is 3.43. The van der Waals surface area contributed by atoms with Crippen molar-refractivity contribution in [3.05, 3.63) is 57.8 Å². The molecule has 1 atom stereocenters. The molecule has 0 bridgehead atoms. The van der Waals surface area contributed by atoms with Crippen LogP contribution in [0.1, 0.15) is 46.5 Å². The summed E-state index contributed by atoms with van der Waals surface area (Å²) in [6, 6.07) is 7.27. The number of halogens is 1. The molecule has 2 rings (SSSR count). The molecular formula is C18H20BrN3O2. The molecule has 0 spiro atoms. The van der Waals surface area contributed by atoms with Gasteiger partial charge in [-0.2, -0.15) is 0 Å². The molecule has 1 aromatic carbocycles. The molecule has 0 saturated heterocycles. The Bertz CT molecular complexity index is 762. The second-order valence-electron chi connectivity index (χ2n) is 5.68. The van der Waals surface area contributed by atoms with Gasteiger partial charge in [-0.25, -0.2) is 0 Å². The molecule has 0 aliphatic heterocycles. The Morgan fingerprint density at radius 3 is 2.46 bits per heavy atom. The molecule has 126 valence electrons. The molecule has 2 amide bonds. The zero-order valence-electron chi connectivity index (χ0n) is 13.9. The SMILES string of the molecule is CCC(C)NC(=O)c1cncc(C(=O)Nc2ccc(C)cc2Br)c1. The number of hydrogen-bond acceptors (Lipinski definition) is 3. The molecule has 1 aromatic heterocycles. The highest BCUT2D eigenvalue weighted by atomic mass is 79.9. The number of aromatic nitrogens is 1. The second kappa shape index (κ2) is 8.06. The Morgan fingerprint density at radius 2 is 1.83 bits per heavy atom. The molecule has 24 heavy (non-hydrogen) atoms. The lowest BCUT2D eigenvalue weighted by molar-refractivity contribution is 0.0939. The number of nitrogens with one attached hydrogen (secondary N) is 2. The Labute approximate surface area is 150 Å². The summed E-state index contributed by atoms with van der Waals surface area (Å²) in [6.07, 6.45) is 3.73. The van der Waals surface area contributed by atoms with E-state index >= 15 is 0 Å². The second-order valence-corrected chi connectivity index (χ2v) is 6.54. The van der Waals surface area contributed by atoms with Crippen LogP contribution in [0.15, 0.2) is 41.1 Å². The van der Waals surface area contributed by atoms with E-state index in [-0.39, 0.29) is 17.9 Å². The van der Waals surface area contributed by atoms with Gasteiger partial charge in [0.1, 0.15) is 0 Å². The van der Waals surface area contributed by atoms with Crippen LogP contribution < -0.4 is 10.6 Å². The zero-order chi connectivity index (χ0) is 17.7. The first kappa shape index (κ1) is 18.1. The number of nitrogens with zero attached hydrogens (tertiary/aromatic N) is 1. The van der Waals surface area contributed by atoms with Gasteiger partial charge in [0, 0.05) is 22.9 Å². The lowest BCUT2D eigenvalue weighted by atomic mass is 10.1. The predicted molar refractivity (Wildman–Crippen MR) is 98.3 cm³/mol. The average molecular weight is 390 g/mol. The fraction of sp³-hybridized carbons (Fsp3) is 0.278. The van der Waals surface area contributed by atoms with Gasteiger partial charge in [0.2, 0.25) is 0 Å². The van der Waals surface area contributed by atoms with Gasteiger partial charge in [-0.1, -0.05) is 13.0 Å². The van der Waals surface area contributed by atoms with Crippen molar-refractivity contribution in [2.24, 2.45) is 0 Å². The predicted octanol–water partition coefficient (Wildman–Crippen LogP) is 3.93. The number of anilines is 1. The number of carbonyl (C=O) groups is 2. The fourth-order valence-corrected chi connectivity index (χ4v) is 2.61. The highest BCUT2D eigenvalue weighted by Gasteiger charge is 2.13. The van der Waals surface area contributed by atoms with E-state index in [9.17, 15) is 9.59 Å². The van der Waals surface area contributed by atoms with E-state index in [1.54, 1.807) is 6.07 Å². The van der Waals surface area contributed by atoms with Crippen LogP contribution in [0.25, 0.3) is 0 Å². The lowest BCUT2D eigenvalue weighted by Crippen LogP contribution is -2.32. The van der Waals surface area contributed by atoms with E-state index < -0.39 is 0 Å². The summed E-state index contributed by atoms with van der Waals surface area (Å²) in [7, 11) is 0. The van der Waals surface area contributed by atoms with E-state index in [1.165, 1.54) is 12.4 Å². The zero-order valence-corrected chi connectivity index (χ0v) is 15.5. The number of amides is 2. The molecule has 5 nitrogen and oxygen atoms in total. The minimum atomic E-state index is -0.315. The summed E-state index contributed by atoms with van der Waals surface area (Å²) in [6.45, 7) is 5.89. The van der Waals surface area contributed by atoms with Gasteiger partial charge in [0.15, 0.2) is 0 Å². The molecule has 2 N–H and O–H groups in total. The van der Waals surface area contributed by atoms with Crippen molar-refractivity contribution in [1.82, 2.24) is 10.3 Å². The number of hydrogen-bond donors (Lipinski definition) is 2. The largest absolute Gasteiger partial charge is 0.350 e. The Balaban J connectivity index is 2.15. The molecule has 0 radical (unpaired) electrons. The van der Waals surface area contributed by atoms with Gasteiger partial charge in [-0.15, -0.1) is 0 Å². The third-order valence-electron chi connectivity index (χ3n) is 3.63. The van der Waals surface area contributed by atoms with Gasteiger partial charge in [-0.05, 0) is 60.0 Å². The van der Waals surface area contributed by atoms with Crippen molar-refractivity contribution < 1.29 is 9.59 Å². The first-order chi connectivity index (χ1) is 11.4. The minimum Gasteiger partial charge on any atom is -0.350 e. The van der Waals surface area contributed by atoms with Crippen molar-refractivity contribution in [2.45, 2.75) is 33.2 Å². The first-order valence-electron chi connectivity index (χ1n) is 7.74. The van der Waals surface area contributed by atoms with Crippen LogP contribution in [0.4, 0.5) is 5.69 Å². The molecule has 0 fully saturated rings. The third kappa shape index (κ3) is 4.64.